The van der Waals surface area contributed by atoms with E-state index in [9.17, 15) is 9.59 Å². The fourth-order valence-corrected chi connectivity index (χ4v) is 1.38. The summed E-state index contributed by atoms with van der Waals surface area (Å²) in [5, 5.41) is 6.59. The van der Waals surface area contributed by atoms with E-state index in [1.165, 1.54) is 12.1 Å². The number of carbonyl (C=O) groups is 1. The molecule has 6 heteroatoms. The SMILES string of the molecule is CC(CBr)N(C)C(=O)c1ccc(=O)[nH]n1. The van der Waals surface area contributed by atoms with Crippen molar-refractivity contribution in [2.45, 2.75) is 13.0 Å². The van der Waals surface area contributed by atoms with Crippen LogP contribution in [0.2, 0.25) is 0 Å². The number of rotatable bonds is 3. The van der Waals surface area contributed by atoms with Crippen LogP contribution in [-0.2, 0) is 0 Å². The Labute approximate surface area is 95.6 Å². The zero-order valence-corrected chi connectivity index (χ0v) is 10.1. The summed E-state index contributed by atoms with van der Waals surface area (Å²) in [5.74, 6) is -0.210. The van der Waals surface area contributed by atoms with Gasteiger partial charge in [-0.25, -0.2) is 5.10 Å². The summed E-state index contributed by atoms with van der Waals surface area (Å²) in [6.07, 6.45) is 0. The molecular formula is C9H12BrN3O2. The maximum Gasteiger partial charge on any atom is 0.274 e. The van der Waals surface area contributed by atoms with Gasteiger partial charge in [-0.15, -0.1) is 0 Å². The van der Waals surface area contributed by atoms with E-state index >= 15 is 0 Å². The van der Waals surface area contributed by atoms with Crippen molar-refractivity contribution in [2.24, 2.45) is 0 Å². The molecule has 0 radical (unpaired) electrons. The molecular weight excluding hydrogens is 262 g/mol. The van der Waals surface area contributed by atoms with Gasteiger partial charge in [0.1, 0.15) is 5.69 Å². The van der Waals surface area contributed by atoms with Crippen LogP contribution in [0.5, 0.6) is 0 Å². The number of hydrogen-bond acceptors (Lipinski definition) is 3. The van der Waals surface area contributed by atoms with Crippen molar-refractivity contribution in [1.82, 2.24) is 15.1 Å². The second kappa shape index (κ2) is 5.06. The molecule has 0 fully saturated rings. The molecule has 0 aliphatic rings. The van der Waals surface area contributed by atoms with Gasteiger partial charge in [-0.05, 0) is 13.0 Å². The molecule has 1 rings (SSSR count). The summed E-state index contributed by atoms with van der Waals surface area (Å²) in [4.78, 5) is 24.1. The number of H-pyrrole nitrogens is 1. The summed E-state index contributed by atoms with van der Waals surface area (Å²) in [5.41, 5.74) is -0.0763. The molecule has 1 aromatic heterocycles. The molecule has 0 saturated carbocycles. The van der Waals surface area contributed by atoms with E-state index in [0.29, 0.717) is 5.33 Å². The Morgan fingerprint density at radius 3 is 2.80 bits per heavy atom. The summed E-state index contributed by atoms with van der Waals surface area (Å²) in [6, 6.07) is 2.78. The molecule has 5 nitrogen and oxygen atoms in total. The zero-order valence-electron chi connectivity index (χ0n) is 8.53. The van der Waals surface area contributed by atoms with Crippen LogP contribution in [0.4, 0.5) is 0 Å². The monoisotopic (exact) mass is 273 g/mol. The van der Waals surface area contributed by atoms with Crippen molar-refractivity contribution in [3.63, 3.8) is 0 Å². The van der Waals surface area contributed by atoms with E-state index in [0.717, 1.165) is 0 Å². The minimum atomic E-state index is -0.317. The molecule has 0 aliphatic heterocycles. The molecule has 1 unspecified atom stereocenters. The smallest absolute Gasteiger partial charge is 0.274 e. The van der Waals surface area contributed by atoms with Crippen LogP contribution in [0.15, 0.2) is 16.9 Å². The fraction of sp³-hybridized carbons (Fsp3) is 0.444. The van der Waals surface area contributed by atoms with E-state index in [-0.39, 0.29) is 23.2 Å². The molecule has 0 spiro atoms. The van der Waals surface area contributed by atoms with Crippen molar-refractivity contribution >= 4 is 21.8 Å². The lowest BCUT2D eigenvalue weighted by Gasteiger charge is -2.22. The Bertz CT molecular complexity index is 384. The highest BCUT2D eigenvalue weighted by molar-refractivity contribution is 9.09. The lowest BCUT2D eigenvalue weighted by molar-refractivity contribution is 0.0751. The molecule has 0 saturated heterocycles. The van der Waals surface area contributed by atoms with Crippen LogP contribution in [-0.4, -0.2) is 39.4 Å². The van der Waals surface area contributed by atoms with Gasteiger partial charge in [0, 0.05) is 24.5 Å². The van der Waals surface area contributed by atoms with Crippen LogP contribution in [0.3, 0.4) is 0 Å². The molecule has 0 aromatic carbocycles. The molecule has 1 N–H and O–H groups in total. The Morgan fingerprint density at radius 2 is 2.33 bits per heavy atom. The quantitative estimate of drug-likeness (QED) is 0.822. The Balaban J connectivity index is 2.85. The maximum absolute atomic E-state index is 11.8. The topological polar surface area (TPSA) is 66.1 Å². The van der Waals surface area contributed by atoms with Gasteiger partial charge < -0.3 is 4.90 Å². The van der Waals surface area contributed by atoms with Crippen LogP contribution in [0.1, 0.15) is 17.4 Å². The number of aromatic nitrogens is 2. The molecule has 0 bridgehead atoms. The van der Waals surface area contributed by atoms with Crippen LogP contribution < -0.4 is 5.56 Å². The van der Waals surface area contributed by atoms with Crippen molar-refractivity contribution in [1.29, 1.82) is 0 Å². The molecule has 1 heterocycles. The molecule has 1 aromatic rings. The van der Waals surface area contributed by atoms with Gasteiger partial charge in [0.2, 0.25) is 0 Å². The van der Waals surface area contributed by atoms with E-state index in [2.05, 4.69) is 26.1 Å². The number of hydrogen-bond donors (Lipinski definition) is 1. The highest BCUT2D eigenvalue weighted by Crippen LogP contribution is 2.04. The number of amides is 1. The molecule has 1 atom stereocenters. The summed E-state index contributed by atoms with van der Waals surface area (Å²) >= 11 is 3.30. The second-order valence-corrected chi connectivity index (χ2v) is 3.87. The maximum atomic E-state index is 11.8. The van der Waals surface area contributed by atoms with Crippen LogP contribution in [0.25, 0.3) is 0 Å². The first-order valence-corrected chi connectivity index (χ1v) is 5.57. The number of nitrogens with one attached hydrogen (secondary N) is 1. The van der Waals surface area contributed by atoms with Crippen LogP contribution in [0, 0.1) is 0 Å². The summed E-state index contributed by atoms with van der Waals surface area (Å²) in [6.45, 7) is 1.92. The van der Waals surface area contributed by atoms with Crippen molar-refractivity contribution in [2.75, 3.05) is 12.4 Å². The third-order valence-electron chi connectivity index (χ3n) is 2.10. The summed E-state index contributed by atoms with van der Waals surface area (Å²) < 4.78 is 0. The van der Waals surface area contributed by atoms with Crippen molar-refractivity contribution < 1.29 is 4.79 Å². The predicted molar refractivity (Wildman–Crippen MR) is 60.2 cm³/mol. The number of nitrogens with zero attached hydrogens (tertiary/aromatic N) is 2. The largest absolute Gasteiger partial charge is 0.337 e. The van der Waals surface area contributed by atoms with E-state index < -0.39 is 0 Å². The van der Waals surface area contributed by atoms with Gasteiger partial charge in [-0.1, -0.05) is 15.9 Å². The van der Waals surface area contributed by atoms with Gasteiger partial charge in [-0.2, -0.15) is 5.10 Å². The van der Waals surface area contributed by atoms with Crippen molar-refractivity contribution in [3.8, 4) is 0 Å². The highest BCUT2D eigenvalue weighted by atomic mass is 79.9. The molecule has 0 aliphatic carbocycles. The van der Waals surface area contributed by atoms with Crippen LogP contribution >= 0.6 is 15.9 Å². The number of carbonyl (C=O) groups excluding carboxylic acids is 1. The van der Waals surface area contributed by atoms with Crippen molar-refractivity contribution in [3.05, 3.63) is 28.2 Å². The first kappa shape index (κ1) is 11.9. The van der Waals surface area contributed by atoms with E-state index in [1.807, 2.05) is 6.92 Å². The number of alkyl halides is 1. The van der Waals surface area contributed by atoms with Gasteiger partial charge in [0.25, 0.3) is 11.5 Å². The normalized spacial score (nSPS) is 12.2. The minimum absolute atomic E-state index is 0.0752. The lowest BCUT2D eigenvalue weighted by Crippen LogP contribution is -2.36. The number of aromatic amines is 1. The van der Waals surface area contributed by atoms with Gasteiger partial charge in [-0.3, -0.25) is 9.59 Å². The Hall–Kier alpha value is -1.17. The highest BCUT2D eigenvalue weighted by Gasteiger charge is 2.17. The van der Waals surface area contributed by atoms with E-state index in [4.69, 9.17) is 0 Å². The average Bonchev–Trinajstić information content (AvgIpc) is 2.27. The number of halogens is 1. The summed E-state index contributed by atoms with van der Waals surface area (Å²) in [7, 11) is 1.70. The van der Waals surface area contributed by atoms with E-state index in [1.54, 1.807) is 11.9 Å². The first-order chi connectivity index (χ1) is 7.06. The molecule has 15 heavy (non-hydrogen) atoms. The average molecular weight is 274 g/mol. The van der Waals surface area contributed by atoms with Gasteiger partial charge in [0.05, 0.1) is 0 Å². The van der Waals surface area contributed by atoms with Gasteiger partial charge >= 0.3 is 0 Å². The Morgan fingerprint density at radius 1 is 1.67 bits per heavy atom. The standard InChI is InChI=1S/C9H12BrN3O2/c1-6(5-10)13(2)9(15)7-3-4-8(14)12-11-7/h3-4,6H,5H2,1-2H3,(H,12,14). The zero-order chi connectivity index (χ0) is 11.4. The third-order valence-corrected chi connectivity index (χ3v) is 3.04. The molecule has 82 valence electrons. The predicted octanol–water partition coefficient (Wildman–Crippen LogP) is 0.625. The third kappa shape index (κ3) is 2.89. The Kier molecular flexibility index (Phi) is 4.02. The molecule has 1 amide bonds. The first-order valence-electron chi connectivity index (χ1n) is 4.45. The fourth-order valence-electron chi connectivity index (χ4n) is 0.948. The minimum Gasteiger partial charge on any atom is -0.337 e. The van der Waals surface area contributed by atoms with Gasteiger partial charge in [0.15, 0.2) is 0 Å². The second-order valence-electron chi connectivity index (χ2n) is 3.23. The lowest BCUT2D eigenvalue weighted by atomic mass is 10.3.